The number of piperidine rings is 1. The van der Waals surface area contributed by atoms with Crippen LogP contribution in [0.3, 0.4) is 0 Å². The number of anilines is 2. The van der Waals surface area contributed by atoms with Gasteiger partial charge in [-0.15, -0.1) is 0 Å². The highest BCUT2D eigenvalue weighted by atomic mass is 79.9. The Bertz CT molecular complexity index is 1300. The number of amides is 1. The fourth-order valence-corrected chi connectivity index (χ4v) is 4.38. The first-order valence-electron chi connectivity index (χ1n) is 11.3. The SMILES string of the molecule is CN1CCC(Nc2c(Br)cnc3nc(-c4ccc(OCC(=O)Nc5cnccn5)cc4)[nH]c23)CC1. The van der Waals surface area contributed by atoms with Gasteiger partial charge >= 0.3 is 0 Å². The third-order valence-corrected chi connectivity index (χ3v) is 6.47. The molecule has 35 heavy (non-hydrogen) atoms. The van der Waals surface area contributed by atoms with Gasteiger partial charge in [-0.1, -0.05) is 0 Å². The molecule has 11 heteroatoms. The number of nitrogens with zero attached hydrogens (tertiary/aromatic N) is 5. The fraction of sp³-hybridized carbons (Fsp3) is 0.292. The molecule has 0 unspecified atom stereocenters. The number of aromatic nitrogens is 5. The van der Waals surface area contributed by atoms with Crippen LogP contribution in [0.4, 0.5) is 11.5 Å². The molecule has 3 N–H and O–H groups in total. The number of halogens is 1. The van der Waals surface area contributed by atoms with E-state index in [0.717, 1.165) is 47.2 Å². The van der Waals surface area contributed by atoms with Gasteiger partial charge in [0.2, 0.25) is 0 Å². The van der Waals surface area contributed by atoms with Crippen molar-refractivity contribution in [2.75, 3.05) is 37.4 Å². The molecular weight excluding hydrogens is 512 g/mol. The van der Waals surface area contributed by atoms with Crippen molar-refractivity contribution < 1.29 is 9.53 Å². The van der Waals surface area contributed by atoms with Gasteiger partial charge in [-0.05, 0) is 73.2 Å². The van der Waals surface area contributed by atoms with Crippen LogP contribution in [-0.2, 0) is 4.79 Å². The van der Waals surface area contributed by atoms with E-state index < -0.39 is 0 Å². The Hall–Kier alpha value is -3.57. The van der Waals surface area contributed by atoms with Crippen LogP contribution in [-0.4, -0.2) is 68.5 Å². The molecule has 5 rings (SSSR count). The van der Waals surface area contributed by atoms with E-state index in [1.54, 1.807) is 18.3 Å². The molecule has 3 aromatic heterocycles. The number of H-pyrrole nitrogens is 1. The highest BCUT2D eigenvalue weighted by Gasteiger charge is 2.20. The van der Waals surface area contributed by atoms with Gasteiger partial charge in [0.05, 0.1) is 16.4 Å². The lowest BCUT2D eigenvalue weighted by atomic mass is 10.1. The molecule has 4 heterocycles. The number of rotatable bonds is 7. The zero-order chi connectivity index (χ0) is 24.2. The number of nitrogens with one attached hydrogen (secondary N) is 3. The Morgan fingerprint density at radius 1 is 1.17 bits per heavy atom. The summed E-state index contributed by atoms with van der Waals surface area (Å²) in [7, 11) is 2.16. The van der Waals surface area contributed by atoms with E-state index in [2.05, 4.69) is 63.4 Å². The van der Waals surface area contributed by atoms with Crippen molar-refractivity contribution in [3.63, 3.8) is 0 Å². The van der Waals surface area contributed by atoms with Gasteiger partial charge in [-0.25, -0.2) is 15.0 Å². The second kappa shape index (κ2) is 10.4. The number of ether oxygens (including phenoxy) is 1. The van der Waals surface area contributed by atoms with E-state index in [-0.39, 0.29) is 12.5 Å². The van der Waals surface area contributed by atoms with E-state index in [0.29, 0.717) is 29.1 Å². The van der Waals surface area contributed by atoms with E-state index in [1.165, 1.54) is 18.6 Å². The number of pyridine rings is 1. The lowest BCUT2D eigenvalue weighted by Gasteiger charge is -2.30. The maximum absolute atomic E-state index is 12.1. The molecule has 1 aliphatic rings. The van der Waals surface area contributed by atoms with Crippen LogP contribution >= 0.6 is 15.9 Å². The zero-order valence-corrected chi connectivity index (χ0v) is 20.7. The molecular formula is C24H25BrN8O2. The molecule has 0 aliphatic carbocycles. The van der Waals surface area contributed by atoms with Gasteiger partial charge in [0, 0.05) is 30.2 Å². The number of benzene rings is 1. The average molecular weight is 537 g/mol. The van der Waals surface area contributed by atoms with Crippen molar-refractivity contribution in [3.05, 3.63) is 53.5 Å². The summed E-state index contributed by atoms with van der Waals surface area (Å²) < 4.78 is 6.50. The van der Waals surface area contributed by atoms with Gasteiger partial charge in [0.1, 0.15) is 17.1 Å². The minimum atomic E-state index is -0.312. The van der Waals surface area contributed by atoms with Crippen molar-refractivity contribution in [2.45, 2.75) is 18.9 Å². The Kier molecular flexibility index (Phi) is 6.87. The molecule has 1 aliphatic heterocycles. The molecule has 1 saturated heterocycles. The first-order valence-corrected chi connectivity index (χ1v) is 12.1. The highest BCUT2D eigenvalue weighted by molar-refractivity contribution is 9.10. The number of aromatic amines is 1. The Labute approximate surface area is 210 Å². The van der Waals surface area contributed by atoms with Crippen molar-refractivity contribution in [1.82, 2.24) is 29.8 Å². The summed E-state index contributed by atoms with van der Waals surface area (Å²) in [5.74, 6) is 1.35. The molecule has 0 radical (unpaired) electrons. The first kappa shape index (κ1) is 23.2. The van der Waals surface area contributed by atoms with E-state index in [9.17, 15) is 4.79 Å². The van der Waals surface area contributed by atoms with Crippen molar-refractivity contribution in [1.29, 1.82) is 0 Å². The Morgan fingerprint density at radius 3 is 2.71 bits per heavy atom. The van der Waals surface area contributed by atoms with Gasteiger partial charge in [-0.3, -0.25) is 9.78 Å². The third-order valence-electron chi connectivity index (χ3n) is 5.87. The summed E-state index contributed by atoms with van der Waals surface area (Å²) in [5.41, 5.74) is 3.40. The van der Waals surface area contributed by atoms with E-state index in [1.807, 2.05) is 12.1 Å². The summed E-state index contributed by atoms with van der Waals surface area (Å²) in [5, 5.41) is 6.31. The van der Waals surface area contributed by atoms with Gasteiger partial charge < -0.3 is 25.3 Å². The average Bonchev–Trinajstić information content (AvgIpc) is 3.31. The summed E-state index contributed by atoms with van der Waals surface area (Å²) >= 11 is 3.64. The van der Waals surface area contributed by atoms with Crippen LogP contribution in [0.5, 0.6) is 5.75 Å². The number of likely N-dealkylation sites (tertiary alicyclic amines) is 1. The summed E-state index contributed by atoms with van der Waals surface area (Å²) in [4.78, 5) is 34.9. The Morgan fingerprint density at radius 2 is 1.97 bits per heavy atom. The largest absolute Gasteiger partial charge is 0.484 e. The standard InChI is InChI=1S/C24H25BrN8O2/c1-33-10-6-16(7-11-33)29-21-18(25)12-28-24-22(21)31-23(32-24)15-2-4-17(5-3-15)35-14-20(34)30-19-13-26-8-9-27-19/h2-5,8-9,12-13,16H,6-7,10-11,14H2,1H3,(H,27,30,34)(H2,28,29,31,32). The Balaban J connectivity index is 1.26. The van der Waals surface area contributed by atoms with Gasteiger partial charge in [-0.2, -0.15) is 0 Å². The fourth-order valence-electron chi connectivity index (χ4n) is 3.97. The molecule has 0 saturated carbocycles. The summed E-state index contributed by atoms with van der Waals surface area (Å²) in [6.07, 6.45) is 8.49. The predicted octanol–water partition coefficient (Wildman–Crippen LogP) is 3.70. The van der Waals surface area contributed by atoms with E-state index >= 15 is 0 Å². The minimum absolute atomic E-state index is 0.134. The molecule has 1 aromatic carbocycles. The monoisotopic (exact) mass is 536 g/mol. The number of imidazole rings is 1. The highest BCUT2D eigenvalue weighted by Crippen LogP contribution is 2.32. The number of fused-ring (bicyclic) bond motifs is 1. The predicted molar refractivity (Wildman–Crippen MR) is 137 cm³/mol. The molecule has 1 fully saturated rings. The lowest BCUT2D eigenvalue weighted by molar-refractivity contribution is -0.118. The molecule has 180 valence electrons. The maximum Gasteiger partial charge on any atom is 0.263 e. The van der Waals surface area contributed by atoms with Crippen LogP contribution < -0.4 is 15.4 Å². The normalized spacial score (nSPS) is 14.7. The second-order valence-corrected chi connectivity index (χ2v) is 9.29. The molecule has 1 amide bonds. The minimum Gasteiger partial charge on any atom is -0.484 e. The number of hydrogen-bond donors (Lipinski definition) is 3. The van der Waals surface area contributed by atoms with Crippen LogP contribution in [0.25, 0.3) is 22.6 Å². The second-order valence-electron chi connectivity index (χ2n) is 8.44. The smallest absolute Gasteiger partial charge is 0.263 e. The van der Waals surface area contributed by atoms with Crippen LogP contribution in [0.1, 0.15) is 12.8 Å². The summed E-state index contributed by atoms with van der Waals surface area (Å²) in [6.45, 7) is 2.02. The number of hydrogen-bond acceptors (Lipinski definition) is 8. The van der Waals surface area contributed by atoms with Crippen LogP contribution in [0.2, 0.25) is 0 Å². The quantitative estimate of drug-likeness (QED) is 0.327. The van der Waals surface area contributed by atoms with Crippen LogP contribution in [0, 0.1) is 0 Å². The lowest BCUT2D eigenvalue weighted by Crippen LogP contribution is -2.36. The van der Waals surface area contributed by atoms with Gasteiger partial charge in [0.15, 0.2) is 18.1 Å². The van der Waals surface area contributed by atoms with Crippen molar-refractivity contribution >= 4 is 44.5 Å². The number of carbonyl (C=O) groups excluding carboxylic acids is 1. The summed E-state index contributed by atoms with van der Waals surface area (Å²) in [6, 6.07) is 7.81. The van der Waals surface area contributed by atoms with Gasteiger partial charge in [0.25, 0.3) is 5.91 Å². The molecule has 4 aromatic rings. The molecule has 0 bridgehead atoms. The third kappa shape index (κ3) is 5.57. The number of carbonyl (C=O) groups is 1. The molecule has 0 spiro atoms. The molecule has 10 nitrogen and oxygen atoms in total. The molecule has 0 atom stereocenters. The zero-order valence-electron chi connectivity index (χ0n) is 19.2. The van der Waals surface area contributed by atoms with Crippen molar-refractivity contribution in [2.24, 2.45) is 0 Å². The van der Waals surface area contributed by atoms with Crippen molar-refractivity contribution in [3.8, 4) is 17.1 Å². The van der Waals surface area contributed by atoms with E-state index in [4.69, 9.17) is 4.74 Å². The maximum atomic E-state index is 12.1. The first-order chi connectivity index (χ1) is 17.0. The van der Waals surface area contributed by atoms with Crippen LogP contribution in [0.15, 0.2) is 53.5 Å². The topological polar surface area (TPSA) is 121 Å².